The van der Waals surface area contributed by atoms with Crippen molar-refractivity contribution in [3.63, 3.8) is 0 Å². The molecule has 0 spiro atoms. The summed E-state index contributed by atoms with van der Waals surface area (Å²) >= 11 is 0. The van der Waals surface area contributed by atoms with Crippen LogP contribution >= 0.6 is 0 Å². The Morgan fingerprint density at radius 2 is 2.30 bits per heavy atom. The minimum absolute atomic E-state index is 0.374. The Bertz CT molecular complexity index is 500. The van der Waals surface area contributed by atoms with Gasteiger partial charge in [0.1, 0.15) is 6.04 Å². The molecule has 2 N–H and O–H groups in total. The van der Waals surface area contributed by atoms with Crippen LogP contribution in [0, 0.1) is 5.92 Å². The molecule has 1 saturated heterocycles. The number of anilines is 1. The van der Waals surface area contributed by atoms with Crippen molar-refractivity contribution in [1.82, 2.24) is 14.7 Å². The van der Waals surface area contributed by atoms with Crippen molar-refractivity contribution in [2.45, 2.75) is 32.2 Å². The zero-order chi connectivity index (χ0) is 14.7. The zero-order valence-electron chi connectivity index (χ0n) is 11.7. The molecule has 110 valence electrons. The van der Waals surface area contributed by atoms with Gasteiger partial charge in [0.25, 0.3) is 0 Å². The zero-order valence-corrected chi connectivity index (χ0v) is 11.7. The summed E-state index contributed by atoms with van der Waals surface area (Å²) in [6, 6.07) is -1.12. The molecule has 7 heteroatoms. The Morgan fingerprint density at radius 3 is 2.85 bits per heavy atom. The lowest BCUT2D eigenvalue weighted by Crippen LogP contribution is -2.51. The van der Waals surface area contributed by atoms with Gasteiger partial charge in [-0.2, -0.15) is 5.10 Å². The van der Waals surface area contributed by atoms with Gasteiger partial charge in [0.2, 0.25) is 0 Å². The van der Waals surface area contributed by atoms with E-state index in [4.69, 9.17) is 0 Å². The fourth-order valence-electron chi connectivity index (χ4n) is 2.57. The van der Waals surface area contributed by atoms with Crippen LogP contribution < -0.4 is 5.32 Å². The van der Waals surface area contributed by atoms with Crippen molar-refractivity contribution in [2.24, 2.45) is 13.0 Å². The summed E-state index contributed by atoms with van der Waals surface area (Å²) in [5.74, 6) is -0.567. The number of rotatable bonds is 3. The van der Waals surface area contributed by atoms with Crippen LogP contribution in [-0.4, -0.2) is 44.4 Å². The van der Waals surface area contributed by atoms with Crippen LogP contribution in [0.5, 0.6) is 0 Å². The van der Waals surface area contributed by atoms with Gasteiger partial charge in [0.15, 0.2) is 0 Å². The summed E-state index contributed by atoms with van der Waals surface area (Å²) in [4.78, 5) is 25.0. The number of aromatic nitrogens is 2. The minimum Gasteiger partial charge on any atom is -0.480 e. The summed E-state index contributed by atoms with van der Waals surface area (Å²) in [6.07, 6.45) is 5.52. The lowest BCUT2D eigenvalue weighted by Gasteiger charge is -2.36. The molecule has 1 aromatic rings. The van der Waals surface area contributed by atoms with E-state index in [-0.39, 0.29) is 6.03 Å². The maximum absolute atomic E-state index is 12.2. The second-order valence-corrected chi connectivity index (χ2v) is 5.18. The highest BCUT2D eigenvalue weighted by Crippen LogP contribution is 2.26. The Kier molecular flexibility index (Phi) is 4.26. The van der Waals surface area contributed by atoms with Gasteiger partial charge in [-0.3, -0.25) is 4.68 Å². The predicted octanol–water partition coefficient (Wildman–Crippen LogP) is 1.53. The van der Waals surface area contributed by atoms with Crippen molar-refractivity contribution < 1.29 is 14.7 Å². The monoisotopic (exact) mass is 280 g/mol. The number of hydrogen-bond acceptors (Lipinski definition) is 3. The van der Waals surface area contributed by atoms with Crippen molar-refractivity contribution in [1.29, 1.82) is 0 Å². The second-order valence-electron chi connectivity index (χ2n) is 5.18. The van der Waals surface area contributed by atoms with Crippen LogP contribution in [-0.2, 0) is 11.8 Å². The molecule has 2 heterocycles. The van der Waals surface area contributed by atoms with Crippen molar-refractivity contribution in [3.8, 4) is 0 Å². The quantitative estimate of drug-likeness (QED) is 0.879. The lowest BCUT2D eigenvalue weighted by atomic mass is 9.89. The van der Waals surface area contributed by atoms with Gasteiger partial charge in [-0.05, 0) is 18.8 Å². The number of nitrogens with one attached hydrogen (secondary N) is 1. The summed E-state index contributed by atoms with van der Waals surface area (Å²) in [6.45, 7) is 2.52. The highest BCUT2D eigenvalue weighted by molar-refractivity contribution is 5.92. The molecule has 1 aliphatic heterocycles. The van der Waals surface area contributed by atoms with Crippen molar-refractivity contribution in [3.05, 3.63) is 12.4 Å². The maximum atomic E-state index is 12.2. The number of nitrogens with zero attached hydrogens (tertiary/aromatic N) is 3. The van der Waals surface area contributed by atoms with Gasteiger partial charge in [-0.15, -0.1) is 0 Å². The molecule has 2 amide bonds. The largest absolute Gasteiger partial charge is 0.480 e. The van der Waals surface area contributed by atoms with Crippen LogP contribution in [0.15, 0.2) is 12.4 Å². The third-order valence-electron chi connectivity index (χ3n) is 3.79. The molecule has 20 heavy (non-hydrogen) atoms. The highest BCUT2D eigenvalue weighted by Gasteiger charge is 2.35. The number of likely N-dealkylation sites (tertiary alicyclic amines) is 1. The minimum atomic E-state index is -0.940. The van der Waals surface area contributed by atoms with Gasteiger partial charge in [0, 0.05) is 19.8 Å². The number of amides is 2. The van der Waals surface area contributed by atoms with Gasteiger partial charge in [-0.1, -0.05) is 13.3 Å². The smallest absolute Gasteiger partial charge is 0.326 e. The van der Waals surface area contributed by atoms with Gasteiger partial charge < -0.3 is 15.3 Å². The van der Waals surface area contributed by atoms with Crippen LogP contribution in [0.2, 0.25) is 0 Å². The van der Waals surface area contributed by atoms with Crippen LogP contribution in [0.4, 0.5) is 10.5 Å². The second kappa shape index (κ2) is 5.94. The number of urea groups is 1. The molecule has 0 bridgehead atoms. The first-order valence-electron chi connectivity index (χ1n) is 6.80. The third kappa shape index (κ3) is 3.09. The highest BCUT2D eigenvalue weighted by atomic mass is 16.4. The van der Waals surface area contributed by atoms with E-state index in [1.54, 1.807) is 17.9 Å². The molecule has 2 rings (SSSR count). The van der Waals surface area contributed by atoms with E-state index in [0.29, 0.717) is 24.6 Å². The normalized spacial score (nSPS) is 22.6. The Hall–Kier alpha value is -2.05. The number of piperidine rings is 1. The maximum Gasteiger partial charge on any atom is 0.326 e. The van der Waals surface area contributed by atoms with E-state index in [9.17, 15) is 14.7 Å². The number of aliphatic carboxylic acids is 1. The number of hydrogen-bond donors (Lipinski definition) is 2. The van der Waals surface area contributed by atoms with Gasteiger partial charge in [0.05, 0.1) is 11.9 Å². The first-order chi connectivity index (χ1) is 9.51. The predicted molar refractivity (Wildman–Crippen MR) is 73.4 cm³/mol. The molecule has 0 radical (unpaired) electrons. The number of aryl methyl sites for hydroxylation is 1. The molecular weight excluding hydrogens is 260 g/mol. The van der Waals surface area contributed by atoms with Crippen LogP contribution in [0.3, 0.4) is 0 Å². The van der Waals surface area contributed by atoms with Crippen molar-refractivity contribution >= 4 is 17.7 Å². The van der Waals surface area contributed by atoms with Crippen LogP contribution in [0.1, 0.15) is 26.2 Å². The average molecular weight is 280 g/mol. The third-order valence-corrected chi connectivity index (χ3v) is 3.79. The van der Waals surface area contributed by atoms with E-state index in [1.807, 2.05) is 0 Å². The fraction of sp³-hybridized carbons (Fsp3) is 0.615. The Balaban J connectivity index is 2.05. The van der Waals surface area contributed by atoms with E-state index in [1.165, 1.54) is 11.1 Å². The van der Waals surface area contributed by atoms with Crippen LogP contribution in [0.25, 0.3) is 0 Å². The standard InChI is InChI=1S/C13H20N4O3/c1-3-9-4-5-17(11(6-9)12(18)19)13(20)15-10-7-14-16(2)8-10/h7-9,11H,3-6H2,1-2H3,(H,15,20)(H,18,19). The molecule has 2 unspecified atom stereocenters. The van der Waals surface area contributed by atoms with Gasteiger partial charge >= 0.3 is 12.0 Å². The summed E-state index contributed by atoms with van der Waals surface area (Å²) in [7, 11) is 1.75. The average Bonchev–Trinajstić information content (AvgIpc) is 2.83. The number of carboxylic acids is 1. The Morgan fingerprint density at radius 1 is 1.55 bits per heavy atom. The van der Waals surface area contributed by atoms with E-state index in [2.05, 4.69) is 17.3 Å². The molecule has 2 atom stereocenters. The number of carbonyl (C=O) groups excluding carboxylic acids is 1. The SMILES string of the molecule is CCC1CCN(C(=O)Nc2cnn(C)c2)C(C(=O)O)C1. The molecule has 0 saturated carbocycles. The molecule has 1 aliphatic rings. The topological polar surface area (TPSA) is 87.5 Å². The first kappa shape index (κ1) is 14.4. The van der Waals surface area contributed by atoms with E-state index < -0.39 is 12.0 Å². The first-order valence-corrected chi connectivity index (χ1v) is 6.80. The summed E-state index contributed by atoms with van der Waals surface area (Å²) < 4.78 is 1.58. The number of carbonyl (C=O) groups is 2. The Labute approximate surface area is 117 Å². The molecule has 0 aromatic carbocycles. The number of carboxylic acid groups (broad SMARTS) is 1. The molecule has 1 fully saturated rings. The molecular formula is C13H20N4O3. The fourth-order valence-corrected chi connectivity index (χ4v) is 2.57. The van der Waals surface area contributed by atoms with Gasteiger partial charge in [-0.25, -0.2) is 9.59 Å². The molecule has 0 aliphatic carbocycles. The molecule has 7 nitrogen and oxygen atoms in total. The summed E-state index contributed by atoms with van der Waals surface area (Å²) in [5.41, 5.74) is 0.569. The van der Waals surface area contributed by atoms with Crippen molar-refractivity contribution in [2.75, 3.05) is 11.9 Å². The van der Waals surface area contributed by atoms with E-state index in [0.717, 1.165) is 12.8 Å². The lowest BCUT2D eigenvalue weighted by molar-refractivity contribution is -0.143. The van der Waals surface area contributed by atoms with E-state index >= 15 is 0 Å². The summed E-state index contributed by atoms with van der Waals surface area (Å²) in [5, 5.41) is 16.0. The molecule has 1 aromatic heterocycles.